The van der Waals surface area contributed by atoms with Crippen molar-refractivity contribution in [2.24, 2.45) is 5.41 Å². The van der Waals surface area contributed by atoms with Crippen molar-refractivity contribution in [3.63, 3.8) is 0 Å². The molecule has 1 saturated heterocycles. The Labute approximate surface area is 55.3 Å². The van der Waals surface area contributed by atoms with Crippen molar-refractivity contribution in [1.29, 1.82) is 0 Å². The lowest BCUT2D eigenvalue weighted by molar-refractivity contribution is 0.125. The summed E-state index contributed by atoms with van der Waals surface area (Å²) in [5, 5.41) is 12.5. The van der Waals surface area contributed by atoms with Crippen molar-refractivity contribution >= 4 is 0 Å². The lowest BCUT2D eigenvalue weighted by Crippen LogP contribution is -2.51. The van der Waals surface area contributed by atoms with Crippen LogP contribution in [0.2, 0.25) is 0 Å². The Morgan fingerprint density at radius 3 is 2.44 bits per heavy atom. The van der Waals surface area contributed by atoms with Gasteiger partial charge in [0.2, 0.25) is 0 Å². The molecule has 2 N–H and O–H groups in total. The normalized spacial score (nSPS) is 39.0. The van der Waals surface area contributed by atoms with Gasteiger partial charge in [-0.05, 0) is 24.7 Å². The number of rotatable bonds is 0. The molecule has 2 nitrogen and oxygen atoms in total. The molecular weight excluding hydrogens is 114 g/mol. The van der Waals surface area contributed by atoms with E-state index in [0.29, 0.717) is 5.41 Å². The van der Waals surface area contributed by atoms with E-state index in [0.717, 1.165) is 25.9 Å². The fourth-order valence-electron chi connectivity index (χ4n) is 1.98. The van der Waals surface area contributed by atoms with Crippen LogP contribution in [0.15, 0.2) is 0 Å². The van der Waals surface area contributed by atoms with Crippen LogP contribution in [0.25, 0.3) is 0 Å². The maximum absolute atomic E-state index is 9.20. The largest absolute Gasteiger partial charge is 0.393 e. The first-order chi connectivity index (χ1) is 4.31. The number of hydrogen-bond acceptors (Lipinski definition) is 2. The molecular formula is C7H13NO. The Balaban J connectivity index is 1.99. The van der Waals surface area contributed by atoms with Crippen molar-refractivity contribution in [2.45, 2.75) is 25.4 Å². The summed E-state index contributed by atoms with van der Waals surface area (Å²) in [4.78, 5) is 0. The zero-order valence-electron chi connectivity index (χ0n) is 5.56. The minimum absolute atomic E-state index is 0.00657. The standard InChI is InChI=1S/C7H13NO/c9-6-1-2-7(3-6)4-8-5-7/h6,8-9H,1-5H2/t6-/m0/s1. The van der Waals surface area contributed by atoms with Gasteiger partial charge in [0, 0.05) is 13.1 Å². The molecule has 1 aliphatic carbocycles. The summed E-state index contributed by atoms with van der Waals surface area (Å²) >= 11 is 0. The van der Waals surface area contributed by atoms with Gasteiger partial charge >= 0.3 is 0 Å². The highest BCUT2D eigenvalue weighted by Crippen LogP contribution is 2.40. The van der Waals surface area contributed by atoms with Crippen LogP contribution >= 0.6 is 0 Å². The van der Waals surface area contributed by atoms with Crippen LogP contribution in [0.4, 0.5) is 0 Å². The van der Waals surface area contributed by atoms with Crippen LogP contribution < -0.4 is 5.32 Å². The van der Waals surface area contributed by atoms with E-state index in [2.05, 4.69) is 5.32 Å². The Bertz CT molecular complexity index is 120. The SMILES string of the molecule is O[C@H]1CCC2(CNC2)C1. The quantitative estimate of drug-likeness (QED) is 0.484. The molecule has 9 heavy (non-hydrogen) atoms. The molecule has 0 unspecified atom stereocenters. The first kappa shape index (κ1) is 5.69. The molecule has 0 bridgehead atoms. The highest BCUT2D eigenvalue weighted by Gasteiger charge is 2.42. The third kappa shape index (κ3) is 0.775. The van der Waals surface area contributed by atoms with Gasteiger partial charge in [0.05, 0.1) is 6.10 Å². The topological polar surface area (TPSA) is 32.3 Å². The molecule has 2 aliphatic rings. The maximum atomic E-state index is 9.20. The first-order valence-electron chi connectivity index (χ1n) is 3.70. The van der Waals surface area contributed by atoms with Crippen molar-refractivity contribution in [1.82, 2.24) is 5.32 Å². The summed E-state index contributed by atoms with van der Waals surface area (Å²) in [7, 11) is 0. The maximum Gasteiger partial charge on any atom is 0.0546 e. The third-order valence-electron chi connectivity index (χ3n) is 2.68. The summed E-state index contributed by atoms with van der Waals surface area (Å²) in [6.07, 6.45) is 3.31. The minimum atomic E-state index is 0.00657. The van der Waals surface area contributed by atoms with E-state index in [-0.39, 0.29) is 6.10 Å². The molecule has 2 fully saturated rings. The lowest BCUT2D eigenvalue weighted by Gasteiger charge is -2.39. The number of nitrogens with one attached hydrogen (secondary N) is 1. The van der Waals surface area contributed by atoms with Gasteiger partial charge in [-0.2, -0.15) is 0 Å². The second-order valence-electron chi connectivity index (χ2n) is 3.50. The first-order valence-corrected chi connectivity index (χ1v) is 3.70. The number of hydrogen-bond donors (Lipinski definition) is 2. The van der Waals surface area contributed by atoms with Crippen LogP contribution in [0.5, 0.6) is 0 Å². The van der Waals surface area contributed by atoms with Gasteiger partial charge < -0.3 is 10.4 Å². The van der Waals surface area contributed by atoms with Crippen LogP contribution in [0.1, 0.15) is 19.3 Å². The Kier molecular flexibility index (Phi) is 1.08. The van der Waals surface area contributed by atoms with E-state index in [1.54, 1.807) is 0 Å². The highest BCUT2D eigenvalue weighted by atomic mass is 16.3. The van der Waals surface area contributed by atoms with Gasteiger partial charge in [0.25, 0.3) is 0 Å². The molecule has 0 amide bonds. The molecule has 0 radical (unpaired) electrons. The Morgan fingerprint density at radius 2 is 2.22 bits per heavy atom. The fraction of sp³-hybridized carbons (Fsp3) is 1.00. The fourth-order valence-corrected chi connectivity index (χ4v) is 1.98. The number of aliphatic hydroxyl groups is 1. The molecule has 1 aliphatic heterocycles. The molecule has 0 aromatic heterocycles. The third-order valence-corrected chi connectivity index (χ3v) is 2.68. The van der Waals surface area contributed by atoms with Gasteiger partial charge in [-0.3, -0.25) is 0 Å². The van der Waals surface area contributed by atoms with E-state index < -0.39 is 0 Å². The van der Waals surface area contributed by atoms with E-state index in [4.69, 9.17) is 0 Å². The van der Waals surface area contributed by atoms with Crippen molar-refractivity contribution in [3.8, 4) is 0 Å². The lowest BCUT2D eigenvalue weighted by atomic mass is 9.80. The Morgan fingerprint density at radius 1 is 1.44 bits per heavy atom. The van der Waals surface area contributed by atoms with Gasteiger partial charge in [0.1, 0.15) is 0 Å². The molecule has 2 heteroatoms. The Hall–Kier alpha value is -0.0800. The molecule has 2 rings (SSSR count). The van der Waals surface area contributed by atoms with Gasteiger partial charge in [-0.25, -0.2) is 0 Å². The van der Waals surface area contributed by atoms with E-state index in [9.17, 15) is 5.11 Å². The summed E-state index contributed by atoms with van der Waals surface area (Å²) in [6.45, 7) is 2.29. The molecule has 1 saturated carbocycles. The average Bonchev–Trinajstić information content (AvgIpc) is 2.09. The van der Waals surface area contributed by atoms with Gasteiger partial charge in [-0.15, -0.1) is 0 Å². The van der Waals surface area contributed by atoms with Crippen molar-refractivity contribution in [3.05, 3.63) is 0 Å². The predicted octanol–water partition coefficient (Wildman–Crippen LogP) is 0.121. The molecule has 0 aromatic carbocycles. The van der Waals surface area contributed by atoms with E-state index in [1.807, 2.05) is 0 Å². The zero-order valence-corrected chi connectivity index (χ0v) is 5.56. The number of aliphatic hydroxyl groups excluding tert-OH is 1. The van der Waals surface area contributed by atoms with E-state index in [1.165, 1.54) is 6.42 Å². The van der Waals surface area contributed by atoms with Crippen molar-refractivity contribution in [2.75, 3.05) is 13.1 Å². The molecule has 1 heterocycles. The van der Waals surface area contributed by atoms with Crippen LogP contribution in [0, 0.1) is 5.41 Å². The molecule has 0 aromatic rings. The second kappa shape index (κ2) is 1.70. The summed E-state index contributed by atoms with van der Waals surface area (Å²) in [6, 6.07) is 0. The van der Waals surface area contributed by atoms with Gasteiger partial charge in [0.15, 0.2) is 0 Å². The average molecular weight is 127 g/mol. The van der Waals surface area contributed by atoms with E-state index >= 15 is 0 Å². The predicted molar refractivity (Wildman–Crippen MR) is 35.2 cm³/mol. The summed E-state index contributed by atoms with van der Waals surface area (Å²) in [5.74, 6) is 0. The summed E-state index contributed by atoms with van der Waals surface area (Å²) in [5.41, 5.74) is 0.527. The van der Waals surface area contributed by atoms with Crippen molar-refractivity contribution < 1.29 is 5.11 Å². The van der Waals surface area contributed by atoms with Crippen LogP contribution in [0.3, 0.4) is 0 Å². The summed E-state index contributed by atoms with van der Waals surface area (Å²) < 4.78 is 0. The highest BCUT2D eigenvalue weighted by molar-refractivity contribution is 4.98. The zero-order chi connectivity index (χ0) is 6.32. The van der Waals surface area contributed by atoms with Crippen LogP contribution in [-0.4, -0.2) is 24.3 Å². The second-order valence-corrected chi connectivity index (χ2v) is 3.50. The monoisotopic (exact) mass is 127 g/mol. The van der Waals surface area contributed by atoms with Crippen LogP contribution in [-0.2, 0) is 0 Å². The molecule has 1 atom stereocenters. The molecule has 1 spiro atoms. The van der Waals surface area contributed by atoms with Gasteiger partial charge in [-0.1, -0.05) is 0 Å². The molecule has 52 valence electrons. The minimum Gasteiger partial charge on any atom is -0.393 e. The smallest absolute Gasteiger partial charge is 0.0546 e.